The Kier molecular flexibility index (Phi) is 1.82. The second kappa shape index (κ2) is 2.86. The van der Waals surface area contributed by atoms with E-state index in [1.807, 2.05) is 6.07 Å². The minimum absolute atomic E-state index is 0.224. The lowest BCUT2D eigenvalue weighted by molar-refractivity contribution is 0.633. The first kappa shape index (κ1) is 8.27. The molecule has 0 bridgehead atoms. The fourth-order valence-electron chi connectivity index (χ4n) is 1.22. The molecule has 0 fully saturated rings. The maximum absolute atomic E-state index is 13.5. The fraction of sp³-hybridized carbons (Fsp3) is 0. The molecular weight excluding hydrogens is 235 g/mol. The second-order valence-electron chi connectivity index (χ2n) is 2.60. The van der Waals surface area contributed by atoms with Crippen LogP contribution in [-0.4, -0.2) is 4.98 Å². The summed E-state index contributed by atoms with van der Waals surface area (Å²) < 4.78 is 13.7. The summed E-state index contributed by atoms with van der Waals surface area (Å²) in [5.74, 6) is -0.393. The average Bonchev–Trinajstić information content (AvgIpc) is 2.59. The Morgan fingerprint density at radius 3 is 3.00 bits per heavy atom. The van der Waals surface area contributed by atoms with E-state index in [1.54, 1.807) is 18.3 Å². The molecule has 0 spiro atoms. The molecule has 1 aromatic carbocycles. The zero-order chi connectivity index (χ0) is 9.42. The topological polar surface area (TPSA) is 39.6 Å². The lowest BCUT2D eigenvalue weighted by Crippen LogP contribution is -1.84. The van der Waals surface area contributed by atoms with Crippen LogP contribution in [-0.2, 0) is 0 Å². The van der Waals surface area contributed by atoms with E-state index in [4.69, 9.17) is 5.26 Å². The average molecular weight is 239 g/mol. The van der Waals surface area contributed by atoms with Gasteiger partial charge in [-0.05, 0) is 28.1 Å². The molecule has 0 atom stereocenters. The first-order chi connectivity index (χ1) is 6.24. The SMILES string of the molecule is N#Cc1cc2[nH]ccc2c(F)c1Br. The number of nitrogens with one attached hydrogen (secondary N) is 1. The zero-order valence-corrected chi connectivity index (χ0v) is 8.02. The number of rotatable bonds is 0. The normalized spacial score (nSPS) is 10.2. The lowest BCUT2D eigenvalue weighted by Gasteiger charge is -1.98. The monoisotopic (exact) mass is 238 g/mol. The van der Waals surface area contributed by atoms with Crippen LogP contribution >= 0.6 is 15.9 Å². The van der Waals surface area contributed by atoms with Crippen molar-refractivity contribution in [3.63, 3.8) is 0 Å². The molecule has 0 radical (unpaired) electrons. The Morgan fingerprint density at radius 1 is 1.54 bits per heavy atom. The van der Waals surface area contributed by atoms with Gasteiger partial charge in [0.2, 0.25) is 0 Å². The molecule has 2 nitrogen and oxygen atoms in total. The van der Waals surface area contributed by atoms with Gasteiger partial charge >= 0.3 is 0 Å². The molecule has 2 aromatic rings. The molecule has 1 N–H and O–H groups in total. The maximum atomic E-state index is 13.5. The molecule has 64 valence electrons. The van der Waals surface area contributed by atoms with Crippen LogP contribution in [0.2, 0.25) is 0 Å². The van der Waals surface area contributed by atoms with Crippen LogP contribution in [0.1, 0.15) is 5.56 Å². The predicted molar refractivity (Wildman–Crippen MR) is 50.7 cm³/mol. The summed E-state index contributed by atoms with van der Waals surface area (Å²) in [4.78, 5) is 2.85. The van der Waals surface area contributed by atoms with Crippen molar-refractivity contribution < 1.29 is 4.39 Å². The number of aromatic nitrogens is 1. The summed E-state index contributed by atoms with van der Waals surface area (Å²) in [6.45, 7) is 0. The van der Waals surface area contributed by atoms with Crippen LogP contribution < -0.4 is 0 Å². The van der Waals surface area contributed by atoms with Gasteiger partial charge in [-0.25, -0.2) is 4.39 Å². The maximum Gasteiger partial charge on any atom is 0.148 e. The number of nitriles is 1. The second-order valence-corrected chi connectivity index (χ2v) is 3.40. The number of halogens is 2. The van der Waals surface area contributed by atoms with Gasteiger partial charge in [-0.1, -0.05) is 0 Å². The Balaban J connectivity index is 2.94. The highest BCUT2D eigenvalue weighted by atomic mass is 79.9. The number of aromatic amines is 1. The standard InChI is InChI=1S/C9H4BrFN2/c10-8-5(4-12)3-7-6(9(8)11)1-2-13-7/h1-3,13H. The Morgan fingerprint density at radius 2 is 2.31 bits per heavy atom. The summed E-state index contributed by atoms with van der Waals surface area (Å²) in [5.41, 5.74) is 0.935. The first-order valence-corrected chi connectivity index (χ1v) is 4.38. The first-order valence-electron chi connectivity index (χ1n) is 3.59. The van der Waals surface area contributed by atoms with Crippen molar-refractivity contribution in [2.45, 2.75) is 0 Å². The summed E-state index contributed by atoms with van der Waals surface area (Å²) in [7, 11) is 0. The number of nitrogens with zero attached hydrogens (tertiary/aromatic N) is 1. The minimum Gasteiger partial charge on any atom is -0.361 e. The molecule has 1 aromatic heterocycles. The van der Waals surface area contributed by atoms with Crippen molar-refractivity contribution in [1.29, 1.82) is 5.26 Å². The summed E-state index contributed by atoms with van der Waals surface area (Å²) in [6, 6.07) is 5.16. The summed E-state index contributed by atoms with van der Waals surface area (Å²) in [6.07, 6.45) is 1.64. The van der Waals surface area contributed by atoms with Crippen LogP contribution in [0.15, 0.2) is 22.8 Å². The van der Waals surface area contributed by atoms with Crippen molar-refractivity contribution in [2.75, 3.05) is 0 Å². The van der Waals surface area contributed by atoms with E-state index in [0.717, 1.165) is 0 Å². The van der Waals surface area contributed by atoms with Gasteiger partial charge in [0.15, 0.2) is 0 Å². The van der Waals surface area contributed by atoms with Gasteiger partial charge in [-0.2, -0.15) is 5.26 Å². The zero-order valence-electron chi connectivity index (χ0n) is 6.44. The molecule has 0 unspecified atom stereocenters. The van der Waals surface area contributed by atoms with Crippen molar-refractivity contribution >= 4 is 26.8 Å². The molecule has 2 rings (SSSR count). The van der Waals surface area contributed by atoms with Crippen LogP contribution in [0.5, 0.6) is 0 Å². The molecule has 0 aliphatic rings. The van der Waals surface area contributed by atoms with Gasteiger partial charge in [0.25, 0.3) is 0 Å². The third kappa shape index (κ3) is 1.12. The van der Waals surface area contributed by atoms with Crippen LogP contribution in [0.4, 0.5) is 4.39 Å². The number of hydrogen-bond acceptors (Lipinski definition) is 1. The molecule has 13 heavy (non-hydrogen) atoms. The highest BCUT2D eigenvalue weighted by molar-refractivity contribution is 9.10. The lowest BCUT2D eigenvalue weighted by atomic mass is 10.2. The van der Waals surface area contributed by atoms with Crippen molar-refractivity contribution in [2.24, 2.45) is 0 Å². The van der Waals surface area contributed by atoms with E-state index >= 15 is 0 Å². The molecular formula is C9H4BrFN2. The van der Waals surface area contributed by atoms with E-state index < -0.39 is 5.82 Å². The van der Waals surface area contributed by atoms with Crippen LogP contribution in [0.3, 0.4) is 0 Å². The van der Waals surface area contributed by atoms with Crippen molar-refractivity contribution in [3.8, 4) is 6.07 Å². The number of fused-ring (bicyclic) bond motifs is 1. The highest BCUT2D eigenvalue weighted by Gasteiger charge is 2.10. The Hall–Kier alpha value is -1.34. The highest BCUT2D eigenvalue weighted by Crippen LogP contribution is 2.27. The third-order valence-electron chi connectivity index (χ3n) is 1.85. The van der Waals surface area contributed by atoms with E-state index in [2.05, 4.69) is 20.9 Å². The molecule has 0 saturated carbocycles. The summed E-state index contributed by atoms with van der Waals surface area (Å²) in [5, 5.41) is 9.17. The molecule has 4 heteroatoms. The van der Waals surface area contributed by atoms with Crippen molar-refractivity contribution in [3.05, 3.63) is 34.2 Å². The Bertz CT molecular complexity index is 510. The van der Waals surface area contributed by atoms with Gasteiger partial charge in [-0.3, -0.25) is 0 Å². The van der Waals surface area contributed by atoms with E-state index in [1.165, 1.54) is 0 Å². The molecule has 0 saturated heterocycles. The van der Waals surface area contributed by atoms with Gasteiger partial charge in [0.05, 0.1) is 10.0 Å². The van der Waals surface area contributed by atoms with E-state index in [0.29, 0.717) is 16.5 Å². The largest absolute Gasteiger partial charge is 0.361 e. The molecule has 1 heterocycles. The molecule has 0 amide bonds. The van der Waals surface area contributed by atoms with Crippen LogP contribution in [0.25, 0.3) is 10.9 Å². The predicted octanol–water partition coefficient (Wildman–Crippen LogP) is 2.94. The fourth-order valence-corrected chi connectivity index (χ4v) is 1.64. The van der Waals surface area contributed by atoms with Crippen molar-refractivity contribution in [1.82, 2.24) is 4.98 Å². The van der Waals surface area contributed by atoms with Gasteiger partial charge in [0, 0.05) is 17.1 Å². The van der Waals surface area contributed by atoms with Gasteiger partial charge in [-0.15, -0.1) is 0 Å². The van der Waals surface area contributed by atoms with E-state index in [-0.39, 0.29) is 4.47 Å². The van der Waals surface area contributed by atoms with Gasteiger partial charge in [0.1, 0.15) is 11.9 Å². The smallest absolute Gasteiger partial charge is 0.148 e. The van der Waals surface area contributed by atoms with Crippen LogP contribution in [0, 0.1) is 17.1 Å². The number of hydrogen-bond donors (Lipinski definition) is 1. The molecule has 0 aliphatic heterocycles. The third-order valence-corrected chi connectivity index (χ3v) is 2.63. The number of H-pyrrole nitrogens is 1. The van der Waals surface area contributed by atoms with Gasteiger partial charge < -0.3 is 4.98 Å². The quantitative estimate of drug-likeness (QED) is 0.754. The van der Waals surface area contributed by atoms with E-state index in [9.17, 15) is 4.39 Å². The number of benzene rings is 1. The summed E-state index contributed by atoms with van der Waals surface area (Å²) >= 11 is 3.03. The minimum atomic E-state index is -0.393. The molecule has 0 aliphatic carbocycles. The Labute approximate surface area is 82.1 Å².